The van der Waals surface area contributed by atoms with Gasteiger partial charge < -0.3 is 5.11 Å². The highest BCUT2D eigenvalue weighted by Crippen LogP contribution is 2.29. The lowest BCUT2D eigenvalue weighted by Gasteiger charge is -2.31. The molecule has 0 amide bonds. The van der Waals surface area contributed by atoms with Gasteiger partial charge in [0.15, 0.2) is 0 Å². The summed E-state index contributed by atoms with van der Waals surface area (Å²) in [6, 6.07) is 0. The second-order valence-corrected chi connectivity index (χ2v) is 4.26. The predicted octanol–water partition coefficient (Wildman–Crippen LogP) is 1.96. The van der Waals surface area contributed by atoms with E-state index in [1.807, 2.05) is 6.92 Å². The van der Waals surface area contributed by atoms with Gasteiger partial charge in [0.2, 0.25) is 0 Å². The van der Waals surface area contributed by atoms with Gasteiger partial charge in [-0.05, 0) is 24.0 Å². The van der Waals surface area contributed by atoms with Crippen LogP contribution in [0.2, 0.25) is 0 Å². The quantitative estimate of drug-likeness (QED) is 0.595. The Kier molecular flexibility index (Phi) is 3.74. The van der Waals surface area contributed by atoms with Gasteiger partial charge in [-0.3, -0.25) is 0 Å². The molecule has 62 valence electrons. The topological polar surface area (TPSA) is 20.2 Å². The molecule has 0 saturated carbocycles. The molecule has 0 heterocycles. The van der Waals surface area contributed by atoms with Crippen LogP contribution >= 0.6 is 12.6 Å². The van der Waals surface area contributed by atoms with E-state index >= 15 is 0 Å². The summed E-state index contributed by atoms with van der Waals surface area (Å²) in [7, 11) is 0. The zero-order chi connectivity index (χ0) is 8.36. The van der Waals surface area contributed by atoms with Crippen LogP contribution in [0.4, 0.5) is 0 Å². The number of rotatable bonds is 2. The van der Waals surface area contributed by atoms with E-state index in [9.17, 15) is 5.11 Å². The highest BCUT2D eigenvalue weighted by Gasteiger charge is 2.26. The van der Waals surface area contributed by atoms with Crippen LogP contribution in [0.3, 0.4) is 0 Å². The predicted molar refractivity (Wildman–Crippen MR) is 48.5 cm³/mol. The minimum Gasteiger partial charge on any atom is -0.393 e. The Hall–Kier alpha value is 0.310. The summed E-state index contributed by atoms with van der Waals surface area (Å²) >= 11 is 4.19. The largest absolute Gasteiger partial charge is 0.393 e. The first-order valence-electron chi connectivity index (χ1n) is 3.68. The molecule has 2 heteroatoms. The van der Waals surface area contributed by atoms with Crippen molar-refractivity contribution in [3.8, 4) is 0 Å². The molecule has 0 aromatic rings. The van der Waals surface area contributed by atoms with Crippen molar-refractivity contribution in [2.24, 2.45) is 11.3 Å². The third-order valence-corrected chi connectivity index (χ3v) is 2.28. The summed E-state index contributed by atoms with van der Waals surface area (Å²) in [5.41, 5.74) is 0.163. The van der Waals surface area contributed by atoms with Gasteiger partial charge in [-0.1, -0.05) is 20.8 Å². The fourth-order valence-electron chi connectivity index (χ4n) is 1.15. The molecule has 0 spiro atoms. The van der Waals surface area contributed by atoms with E-state index in [0.717, 1.165) is 5.75 Å². The third-order valence-electron chi connectivity index (χ3n) is 1.89. The monoisotopic (exact) mass is 162 g/mol. The van der Waals surface area contributed by atoms with Gasteiger partial charge in [-0.25, -0.2) is 0 Å². The van der Waals surface area contributed by atoms with E-state index in [1.165, 1.54) is 0 Å². The lowest BCUT2D eigenvalue weighted by molar-refractivity contribution is 0.0718. The zero-order valence-electron chi connectivity index (χ0n) is 7.26. The van der Waals surface area contributed by atoms with Crippen molar-refractivity contribution in [2.45, 2.75) is 33.8 Å². The first-order valence-corrected chi connectivity index (χ1v) is 4.31. The smallest absolute Gasteiger partial charge is 0.0553 e. The Morgan fingerprint density at radius 2 is 1.80 bits per heavy atom. The summed E-state index contributed by atoms with van der Waals surface area (Å²) < 4.78 is 0. The van der Waals surface area contributed by atoms with Gasteiger partial charge in [-0.2, -0.15) is 12.6 Å². The normalized spacial score (nSPS) is 18.6. The van der Waals surface area contributed by atoms with Crippen molar-refractivity contribution in [2.75, 3.05) is 5.75 Å². The average molecular weight is 162 g/mol. The van der Waals surface area contributed by atoms with E-state index in [4.69, 9.17) is 0 Å². The Balaban J connectivity index is 4.07. The number of hydrogen-bond acceptors (Lipinski definition) is 2. The number of aliphatic hydroxyl groups excluding tert-OH is 1. The summed E-state index contributed by atoms with van der Waals surface area (Å²) in [4.78, 5) is 0. The van der Waals surface area contributed by atoms with Crippen LogP contribution in [0.15, 0.2) is 0 Å². The molecule has 0 rings (SSSR count). The second-order valence-electron chi connectivity index (χ2n) is 3.90. The van der Waals surface area contributed by atoms with Gasteiger partial charge in [0.1, 0.15) is 0 Å². The fraction of sp³-hybridized carbons (Fsp3) is 1.00. The standard InChI is InChI=1S/C8H18OS/c1-6(9)7(5-10)8(2,3)4/h6-7,9-10H,5H2,1-4H3. The van der Waals surface area contributed by atoms with E-state index in [0.29, 0.717) is 0 Å². The summed E-state index contributed by atoms with van der Waals surface area (Å²) in [5, 5.41) is 9.30. The molecule has 0 aliphatic heterocycles. The molecule has 0 radical (unpaired) electrons. The highest BCUT2D eigenvalue weighted by molar-refractivity contribution is 7.80. The van der Waals surface area contributed by atoms with Crippen LogP contribution in [0.25, 0.3) is 0 Å². The molecular formula is C8H18OS. The maximum absolute atomic E-state index is 9.30. The van der Waals surface area contributed by atoms with Crippen molar-refractivity contribution >= 4 is 12.6 Å². The maximum atomic E-state index is 9.30. The van der Waals surface area contributed by atoms with Crippen LogP contribution in [-0.4, -0.2) is 17.0 Å². The van der Waals surface area contributed by atoms with Crippen molar-refractivity contribution in [1.29, 1.82) is 0 Å². The van der Waals surface area contributed by atoms with Crippen molar-refractivity contribution in [3.63, 3.8) is 0 Å². The van der Waals surface area contributed by atoms with Crippen molar-refractivity contribution in [1.82, 2.24) is 0 Å². The van der Waals surface area contributed by atoms with E-state index in [-0.39, 0.29) is 17.4 Å². The second kappa shape index (κ2) is 3.63. The fourth-order valence-corrected chi connectivity index (χ4v) is 2.00. The van der Waals surface area contributed by atoms with Crippen molar-refractivity contribution in [3.05, 3.63) is 0 Å². The molecule has 0 fully saturated rings. The Bertz CT molecular complexity index is 93.9. The Labute approximate surface area is 69.2 Å². The van der Waals surface area contributed by atoms with Gasteiger partial charge in [-0.15, -0.1) is 0 Å². The molecule has 0 aliphatic rings. The Morgan fingerprint density at radius 3 is 1.80 bits per heavy atom. The van der Waals surface area contributed by atoms with Crippen molar-refractivity contribution < 1.29 is 5.11 Å². The molecule has 10 heavy (non-hydrogen) atoms. The van der Waals surface area contributed by atoms with E-state index in [1.54, 1.807) is 0 Å². The number of hydrogen-bond donors (Lipinski definition) is 2. The van der Waals surface area contributed by atoms with Crippen LogP contribution < -0.4 is 0 Å². The lowest BCUT2D eigenvalue weighted by Crippen LogP contribution is -2.31. The lowest BCUT2D eigenvalue weighted by atomic mass is 9.79. The molecule has 0 saturated heterocycles. The van der Waals surface area contributed by atoms with Crippen LogP contribution in [-0.2, 0) is 0 Å². The highest BCUT2D eigenvalue weighted by atomic mass is 32.1. The molecular weight excluding hydrogens is 144 g/mol. The first kappa shape index (κ1) is 10.3. The number of aliphatic hydroxyl groups is 1. The third kappa shape index (κ3) is 2.93. The molecule has 0 aromatic carbocycles. The average Bonchev–Trinajstić information content (AvgIpc) is 1.60. The molecule has 0 aliphatic carbocycles. The first-order chi connectivity index (χ1) is 4.39. The Morgan fingerprint density at radius 1 is 1.40 bits per heavy atom. The SMILES string of the molecule is CC(O)C(CS)C(C)(C)C. The van der Waals surface area contributed by atoms with Gasteiger partial charge in [0, 0.05) is 0 Å². The van der Waals surface area contributed by atoms with Crippen LogP contribution in [0.5, 0.6) is 0 Å². The van der Waals surface area contributed by atoms with Crippen LogP contribution in [0.1, 0.15) is 27.7 Å². The molecule has 0 aromatic heterocycles. The maximum Gasteiger partial charge on any atom is 0.0553 e. The van der Waals surface area contributed by atoms with E-state index in [2.05, 4.69) is 33.4 Å². The number of thiol groups is 1. The summed E-state index contributed by atoms with van der Waals surface area (Å²) in [6.45, 7) is 8.20. The molecule has 1 nitrogen and oxygen atoms in total. The summed E-state index contributed by atoms with van der Waals surface area (Å²) in [5.74, 6) is 1.04. The summed E-state index contributed by atoms with van der Waals surface area (Å²) in [6.07, 6.45) is -0.252. The van der Waals surface area contributed by atoms with Gasteiger partial charge in [0.05, 0.1) is 6.10 Å². The van der Waals surface area contributed by atoms with E-state index < -0.39 is 0 Å². The minimum absolute atomic E-state index is 0.163. The minimum atomic E-state index is -0.252. The van der Waals surface area contributed by atoms with Gasteiger partial charge >= 0.3 is 0 Å². The van der Waals surface area contributed by atoms with Crippen LogP contribution in [0, 0.1) is 11.3 Å². The van der Waals surface area contributed by atoms with Gasteiger partial charge in [0.25, 0.3) is 0 Å². The molecule has 0 bridgehead atoms. The zero-order valence-corrected chi connectivity index (χ0v) is 8.15. The molecule has 1 N–H and O–H groups in total. The molecule has 2 unspecified atom stereocenters. The molecule has 2 atom stereocenters.